The predicted molar refractivity (Wildman–Crippen MR) is 102 cm³/mol. The van der Waals surface area contributed by atoms with Crippen molar-refractivity contribution >= 4 is 25.4 Å². The molecule has 1 amide bonds. The van der Waals surface area contributed by atoms with E-state index in [0.29, 0.717) is 4.90 Å². The van der Waals surface area contributed by atoms with Crippen LogP contribution < -0.4 is 10.2 Å². The molecule has 6 nitrogen and oxygen atoms in total. The van der Waals surface area contributed by atoms with Gasteiger partial charge in [0.1, 0.15) is 17.5 Å². The van der Waals surface area contributed by atoms with Gasteiger partial charge in [-0.05, 0) is 53.7 Å². The molecule has 138 valence electrons. The molecule has 0 aliphatic carbocycles. The second kappa shape index (κ2) is 8.69. The summed E-state index contributed by atoms with van der Waals surface area (Å²) in [7, 11) is 0. The molecule has 1 aromatic heterocycles. The highest BCUT2D eigenvalue weighted by atomic mass is 32.1. The van der Waals surface area contributed by atoms with E-state index in [-0.39, 0.29) is 37.1 Å². The number of anilines is 1. The number of hydrogen-bond acceptors (Lipinski definition) is 5. The quantitative estimate of drug-likeness (QED) is 0.863. The number of aromatic nitrogens is 1. The van der Waals surface area contributed by atoms with Gasteiger partial charge in [-0.25, -0.2) is 9.78 Å². The number of ether oxygens (including phenoxy) is 1. The van der Waals surface area contributed by atoms with Crippen molar-refractivity contribution < 1.29 is 18.8 Å². The van der Waals surface area contributed by atoms with Gasteiger partial charge < -0.3 is 15.2 Å². The van der Waals surface area contributed by atoms with E-state index in [0.717, 1.165) is 0 Å². The number of rotatable bonds is 4. The Morgan fingerprint density at radius 3 is 2.50 bits per heavy atom. The SMILES string of the molecule is S.[2H]C([2H])([2H])N(C(=O)OC(C)(C)C)c1cccc([C@@H](O)CNC(C)(C)C)n1. The average Bonchev–Trinajstić information content (AvgIpc) is 2.40. The van der Waals surface area contributed by atoms with Crippen LogP contribution in [0.4, 0.5) is 10.6 Å². The Hall–Kier alpha value is -1.31. The number of pyridine rings is 1. The van der Waals surface area contributed by atoms with Crippen LogP contribution in [-0.4, -0.2) is 40.8 Å². The number of hydrogen-bond donors (Lipinski definition) is 2. The number of aliphatic hydroxyl groups excluding tert-OH is 1. The third-order valence-corrected chi connectivity index (χ3v) is 2.73. The summed E-state index contributed by atoms with van der Waals surface area (Å²) in [5.41, 5.74) is -0.786. The minimum atomic E-state index is -2.78. The standard InChI is InChI=1S/C17H29N3O3.H2S/c1-16(2,3)18-11-13(21)12-9-8-10-14(19-12)20(7)15(22)23-17(4,5)6;/h8-10,13,18,21H,11H2,1-7H3;1H2/t13-;/m0./s1/i7D3;. The van der Waals surface area contributed by atoms with Gasteiger partial charge in [0.25, 0.3) is 0 Å². The minimum absolute atomic E-state index is 0. The Morgan fingerprint density at radius 2 is 2.00 bits per heavy atom. The highest BCUT2D eigenvalue weighted by Crippen LogP contribution is 2.18. The fourth-order valence-electron chi connectivity index (χ4n) is 1.66. The van der Waals surface area contributed by atoms with Crippen molar-refractivity contribution in [3.8, 4) is 0 Å². The summed E-state index contributed by atoms with van der Waals surface area (Å²) in [4.78, 5) is 17.1. The molecule has 7 heteroatoms. The van der Waals surface area contributed by atoms with Gasteiger partial charge in [0.2, 0.25) is 0 Å². The Morgan fingerprint density at radius 1 is 1.38 bits per heavy atom. The summed E-state index contributed by atoms with van der Waals surface area (Å²) in [5, 5.41) is 13.5. The van der Waals surface area contributed by atoms with Gasteiger partial charge in [0.15, 0.2) is 0 Å². The zero-order valence-electron chi connectivity index (χ0n) is 18.2. The molecule has 1 aromatic rings. The molecule has 0 bridgehead atoms. The van der Waals surface area contributed by atoms with Crippen LogP contribution in [0.15, 0.2) is 18.2 Å². The number of β-amino-alcohol motifs (C(OH)–C–C–N with tert-alkyl or cyclic N) is 1. The van der Waals surface area contributed by atoms with E-state index in [4.69, 9.17) is 8.85 Å². The maximum Gasteiger partial charge on any atom is 0.415 e. The van der Waals surface area contributed by atoms with Gasteiger partial charge in [0.05, 0.1) is 5.69 Å². The highest BCUT2D eigenvalue weighted by Gasteiger charge is 2.22. The molecule has 24 heavy (non-hydrogen) atoms. The zero-order valence-corrected chi connectivity index (χ0v) is 16.2. The number of nitrogens with one attached hydrogen (secondary N) is 1. The summed E-state index contributed by atoms with van der Waals surface area (Å²) in [6, 6.07) is 4.51. The Balaban J connectivity index is 0.00000676. The van der Waals surface area contributed by atoms with Crippen LogP contribution in [0.25, 0.3) is 0 Å². The van der Waals surface area contributed by atoms with E-state index in [2.05, 4.69) is 10.3 Å². The average molecular weight is 361 g/mol. The van der Waals surface area contributed by atoms with Gasteiger partial charge in [-0.3, -0.25) is 4.90 Å². The molecular weight excluding hydrogens is 326 g/mol. The van der Waals surface area contributed by atoms with E-state index < -0.39 is 24.8 Å². The van der Waals surface area contributed by atoms with Gasteiger partial charge >= 0.3 is 6.09 Å². The molecule has 0 saturated heterocycles. The summed E-state index contributed by atoms with van der Waals surface area (Å²) in [6.45, 7) is 8.28. The van der Waals surface area contributed by atoms with Crippen molar-refractivity contribution in [1.29, 1.82) is 0 Å². The smallest absolute Gasteiger partial charge is 0.415 e. The fourth-order valence-corrected chi connectivity index (χ4v) is 1.66. The van der Waals surface area contributed by atoms with E-state index in [9.17, 15) is 9.90 Å². The van der Waals surface area contributed by atoms with Crippen molar-refractivity contribution in [2.45, 2.75) is 58.8 Å². The lowest BCUT2D eigenvalue weighted by Gasteiger charge is -2.25. The molecule has 0 saturated carbocycles. The van der Waals surface area contributed by atoms with Crippen molar-refractivity contribution in [2.75, 3.05) is 18.4 Å². The van der Waals surface area contributed by atoms with Crippen molar-refractivity contribution in [3.05, 3.63) is 23.9 Å². The normalized spacial score (nSPS) is 15.4. The molecule has 0 unspecified atom stereocenters. The third kappa shape index (κ3) is 7.99. The molecule has 0 aromatic carbocycles. The number of amides is 1. The maximum atomic E-state index is 12.4. The predicted octanol–water partition coefficient (Wildman–Crippen LogP) is 2.99. The van der Waals surface area contributed by atoms with Gasteiger partial charge in [0, 0.05) is 23.2 Å². The molecule has 0 fully saturated rings. The molecular formula is C17H31N3O3S. The largest absolute Gasteiger partial charge is 0.443 e. The molecule has 0 aliphatic rings. The van der Waals surface area contributed by atoms with Crippen LogP contribution in [0.3, 0.4) is 0 Å². The first-order chi connectivity index (χ1) is 11.6. The summed E-state index contributed by atoms with van der Waals surface area (Å²) < 4.78 is 28.1. The summed E-state index contributed by atoms with van der Waals surface area (Å²) in [5.74, 6) is -0.105. The van der Waals surface area contributed by atoms with E-state index in [1.54, 1.807) is 32.9 Å². The molecule has 0 spiro atoms. The molecule has 1 atom stereocenters. The van der Waals surface area contributed by atoms with Crippen LogP contribution in [0.2, 0.25) is 0 Å². The van der Waals surface area contributed by atoms with E-state index in [1.165, 1.54) is 6.07 Å². The van der Waals surface area contributed by atoms with Crippen molar-refractivity contribution in [1.82, 2.24) is 10.3 Å². The lowest BCUT2D eigenvalue weighted by molar-refractivity contribution is 0.0588. The van der Waals surface area contributed by atoms with Crippen molar-refractivity contribution in [2.24, 2.45) is 0 Å². The third-order valence-electron chi connectivity index (χ3n) is 2.73. The van der Waals surface area contributed by atoms with Crippen LogP contribution in [0, 0.1) is 0 Å². The van der Waals surface area contributed by atoms with Crippen LogP contribution in [0.1, 0.15) is 57.5 Å². The lowest BCUT2D eigenvalue weighted by Crippen LogP contribution is -2.38. The lowest BCUT2D eigenvalue weighted by atomic mass is 10.1. The summed E-state index contributed by atoms with van der Waals surface area (Å²) in [6.07, 6.45) is -1.98. The second-order valence-corrected chi connectivity index (χ2v) is 7.38. The molecule has 2 N–H and O–H groups in total. The fraction of sp³-hybridized carbons (Fsp3) is 0.647. The first-order valence-electron chi connectivity index (χ1n) is 9.03. The highest BCUT2D eigenvalue weighted by molar-refractivity contribution is 7.59. The Bertz CT molecular complexity index is 628. The van der Waals surface area contributed by atoms with E-state index in [1.807, 2.05) is 20.8 Å². The van der Waals surface area contributed by atoms with Crippen LogP contribution in [-0.2, 0) is 4.74 Å². The molecule has 1 rings (SSSR count). The van der Waals surface area contributed by atoms with Crippen LogP contribution >= 0.6 is 13.5 Å². The first-order valence-corrected chi connectivity index (χ1v) is 7.53. The van der Waals surface area contributed by atoms with Crippen LogP contribution in [0.5, 0.6) is 0 Å². The van der Waals surface area contributed by atoms with Gasteiger partial charge in [-0.15, -0.1) is 0 Å². The number of aliphatic hydroxyl groups is 1. The number of nitrogens with zero attached hydrogens (tertiary/aromatic N) is 2. The molecule has 0 aliphatic heterocycles. The Kier molecular flexibility index (Phi) is 6.34. The summed E-state index contributed by atoms with van der Waals surface area (Å²) >= 11 is 0. The second-order valence-electron chi connectivity index (χ2n) is 7.38. The molecule has 0 radical (unpaired) electrons. The first kappa shape index (κ1) is 17.5. The van der Waals surface area contributed by atoms with E-state index >= 15 is 0 Å². The van der Waals surface area contributed by atoms with Crippen molar-refractivity contribution in [3.63, 3.8) is 0 Å². The monoisotopic (exact) mass is 360 g/mol. The maximum absolute atomic E-state index is 12.4. The topological polar surface area (TPSA) is 74.7 Å². The number of carbonyl (C=O) groups excluding carboxylic acids is 1. The Labute approximate surface area is 156 Å². The van der Waals surface area contributed by atoms with Gasteiger partial charge in [-0.1, -0.05) is 6.07 Å². The number of carbonyl (C=O) groups is 1. The van der Waals surface area contributed by atoms with Gasteiger partial charge in [-0.2, -0.15) is 13.5 Å². The molecule has 1 heterocycles. The zero-order chi connectivity index (χ0) is 20.3. The minimum Gasteiger partial charge on any atom is -0.443 e.